The summed E-state index contributed by atoms with van der Waals surface area (Å²) in [6.07, 6.45) is 0. The fourth-order valence-corrected chi connectivity index (χ4v) is 3.02. The molecule has 2 aromatic carbocycles. The summed E-state index contributed by atoms with van der Waals surface area (Å²) in [6, 6.07) is 8.67. The van der Waals surface area contributed by atoms with Crippen molar-refractivity contribution in [3.8, 4) is 0 Å². The van der Waals surface area contributed by atoms with Crippen molar-refractivity contribution in [2.45, 2.75) is 19.0 Å². The van der Waals surface area contributed by atoms with E-state index in [1.54, 1.807) is 0 Å². The molecule has 1 atom stereocenters. The van der Waals surface area contributed by atoms with Crippen LogP contribution in [0.5, 0.6) is 0 Å². The lowest BCUT2D eigenvalue weighted by Crippen LogP contribution is -2.40. The van der Waals surface area contributed by atoms with Gasteiger partial charge in [-0.2, -0.15) is 0 Å². The number of nitro benzene ring substituents is 1. The van der Waals surface area contributed by atoms with Gasteiger partial charge in [0.1, 0.15) is 11.4 Å². The molecule has 0 aliphatic carbocycles. The summed E-state index contributed by atoms with van der Waals surface area (Å²) < 4.78 is 14.0. The fraction of sp³-hybridized carbons (Fsp3) is 0.176. The third kappa shape index (κ3) is 2.88. The summed E-state index contributed by atoms with van der Waals surface area (Å²) in [5.41, 5.74) is -1.14. The number of imide groups is 1. The summed E-state index contributed by atoms with van der Waals surface area (Å²) in [5.74, 6) is -1.22. The van der Waals surface area contributed by atoms with E-state index in [4.69, 9.17) is 11.6 Å². The number of non-ortho nitro benzene ring substituents is 1. The quantitative estimate of drug-likeness (QED) is 0.502. The lowest BCUT2D eigenvalue weighted by Gasteiger charge is -2.22. The molecule has 2 aromatic rings. The predicted molar refractivity (Wildman–Crippen MR) is 90.9 cm³/mol. The average Bonchev–Trinajstić information content (AvgIpc) is 2.82. The highest BCUT2D eigenvalue weighted by Gasteiger charge is 2.49. The maximum absolute atomic E-state index is 14.0. The third-order valence-corrected chi connectivity index (χ3v) is 4.66. The highest BCUT2D eigenvalue weighted by Crippen LogP contribution is 2.32. The van der Waals surface area contributed by atoms with Crippen LogP contribution in [0.2, 0.25) is 5.02 Å². The molecule has 3 amide bonds. The molecule has 134 valence electrons. The number of carbonyl (C=O) groups is 2. The lowest BCUT2D eigenvalue weighted by molar-refractivity contribution is -0.384. The maximum Gasteiger partial charge on any atom is 0.325 e. The van der Waals surface area contributed by atoms with Gasteiger partial charge in [-0.3, -0.25) is 19.8 Å². The van der Waals surface area contributed by atoms with Crippen molar-refractivity contribution in [1.29, 1.82) is 0 Å². The molecule has 0 spiro atoms. The normalized spacial score (nSPS) is 19.6. The second kappa shape index (κ2) is 6.38. The van der Waals surface area contributed by atoms with Gasteiger partial charge in [-0.15, -0.1) is 0 Å². The smallest absolute Gasteiger partial charge is 0.319 e. The van der Waals surface area contributed by atoms with Gasteiger partial charge in [-0.25, -0.2) is 9.18 Å². The summed E-state index contributed by atoms with van der Waals surface area (Å²) in [4.78, 5) is 36.2. The molecule has 1 fully saturated rings. The molecular formula is C17H13ClFN3O4. The molecule has 0 radical (unpaired) electrons. The van der Waals surface area contributed by atoms with Crippen molar-refractivity contribution >= 4 is 29.2 Å². The molecule has 0 unspecified atom stereocenters. The minimum atomic E-state index is -1.41. The maximum atomic E-state index is 14.0. The molecule has 0 bridgehead atoms. The molecule has 1 aliphatic heterocycles. The molecule has 9 heteroatoms. The van der Waals surface area contributed by atoms with Crippen LogP contribution in [0.25, 0.3) is 0 Å². The Morgan fingerprint density at radius 1 is 1.23 bits per heavy atom. The van der Waals surface area contributed by atoms with Gasteiger partial charge in [-0.1, -0.05) is 17.7 Å². The Labute approximate surface area is 152 Å². The zero-order valence-electron chi connectivity index (χ0n) is 13.5. The van der Waals surface area contributed by atoms with E-state index in [-0.39, 0.29) is 22.8 Å². The van der Waals surface area contributed by atoms with Gasteiger partial charge >= 0.3 is 6.03 Å². The molecule has 0 saturated carbocycles. The van der Waals surface area contributed by atoms with Crippen molar-refractivity contribution < 1.29 is 18.9 Å². The summed E-state index contributed by atoms with van der Waals surface area (Å²) in [5, 5.41) is 13.4. The highest BCUT2D eigenvalue weighted by molar-refractivity contribution is 6.31. The molecule has 1 saturated heterocycles. The zero-order chi connectivity index (χ0) is 19.1. The first kappa shape index (κ1) is 17.8. The number of rotatable bonds is 4. The van der Waals surface area contributed by atoms with Crippen LogP contribution in [-0.4, -0.2) is 21.8 Å². The Morgan fingerprint density at radius 2 is 1.88 bits per heavy atom. The Bertz CT molecular complexity index is 898. The largest absolute Gasteiger partial charge is 0.325 e. The van der Waals surface area contributed by atoms with Crippen LogP contribution in [0.15, 0.2) is 42.5 Å². The second-order valence-corrected chi connectivity index (χ2v) is 6.36. The number of nitro groups is 1. The van der Waals surface area contributed by atoms with Gasteiger partial charge in [0.2, 0.25) is 0 Å². The van der Waals surface area contributed by atoms with E-state index in [0.29, 0.717) is 5.56 Å². The molecule has 1 N–H and O–H groups in total. The second-order valence-electron chi connectivity index (χ2n) is 5.95. The van der Waals surface area contributed by atoms with Crippen molar-refractivity contribution in [1.82, 2.24) is 10.2 Å². The first-order valence-electron chi connectivity index (χ1n) is 7.56. The van der Waals surface area contributed by atoms with Crippen LogP contribution in [0, 0.1) is 15.9 Å². The van der Waals surface area contributed by atoms with Gasteiger partial charge in [-0.05, 0) is 36.8 Å². The minimum absolute atomic E-state index is 0.0330. The van der Waals surface area contributed by atoms with Crippen LogP contribution < -0.4 is 5.32 Å². The first-order chi connectivity index (χ1) is 12.2. The van der Waals surface area contributed by atoms with Crippen molar-refractivity contribution in [2.75, 3.05) is 0 Å². The molecule has 1 aliphatic rings. The van der Waals surface area contributed by atoms with Gasteiger partial charge in [0, 0.05) is 22.7 Å². The molecule has 7 nitrogen and oxygen atoms in total. The van der Waals surface area contributed by atoms with E-state index in [1.165, 1.54) is 49.4 Å². The average molecular weight is 378 g/mol. The zero-order valence-corrected chi connectivity index (χ0v) is 14.3. The number of hydrogen-bond donors (Lipinski definition) is 1. The molecule has 0 aromatic heterocycles. The highest BCUT2D eigenvalue weighted by atomic mass is 35.5. The van der Waals surface area contributed by atoms with Gasteiger partial charge in [0.25, 0.3) is 11.6 Å². The standard InChI is InChI=1S/C17H13ClFN3O4/c1-17(10-5-7-11(8-6-10)22(25)26)15(23)21(16(24)20-17)9-12-13(18)3-2-4-14(12)19/h2-8H,9H2,1H3,(H,20,24)/t17-/m0/s1. The Kier molecular flexibility index (Phi) is 4.37. The molecule has 1 heterocycles. The van der Waals surface area contributed by atoms with Crippen LogP contribution >= 0.6 is 11.6 Å². The molecule has 3 rings (SSSR count). The number of halogens is 2. The van der Waals surface area contributed by atoms with E-state index in [0.717, 1.165) is 4.90 Å². The Balaban J connectivity index is 1.91. The van der Waals surface area contributed by atoms with E-state index in [9.17, 15) is 24.1 Å². The van der Waals surface area contributed by atoms with Gasteiger partial charge in [0.15, 0.2) is 0 Å². The summed E-state index contributed by atoms with van der Waals surface area (Å²) in [7, 11) is 0. The number of nitrogens with zero attached hydrogens (tertiary/aromatic N) is 2. The number of amides is 3. The first-order valence-corrected chi connectivity index (χ1v) is 7.94. The summed E-state index contributed by atoms with van der Waals surface area (Å²) in [6.45, 7) is 1.16. The number of nitrogens with one attached hydrogen (secondary N) is 1. The van der Waals surface area contributed by atoms with Crippen LogP contribution in [0.3, 0.4) is 0 Å². The Hall–Kier alpha value is -3.00. The molecular weight excluding hydrogens is 365 g/mol. The SMILES string of the molecule is C[C@@]1(c2ccc([N+](=O)[O-])cc2)NC(=O)N(Cc2c(F)cccc2Cl)C1=O. The number of benzene rings is 2. The van der Waals surface area contributed by atoms with E-state index in [2.05, 4.69) is 5.32 Å². The van der Waals surface area contributed by atoms with Crippen LogP contribution in [0.1, 0.15) is 18.1 Å². The predicted octanol–water partition coefficient (Wildman–Crippen LogP) is 3.35. The van der Waals surface area contributed by atoms with Gasteiger partial charge < -0.3 is 5.32 Å². The van der Waals surface area contributed by atoms with E-state index < -0.39 is 28.2 Å². The van der Waals surface area contributed by atoms with Crippen molar-refractivity contribution in [3.63, 3.8) is 0 Å². The monoisotopic (exact) mass is 377 g/mol. The van der Waals surface area contributed by atoms with E-state index >= 15 is 0 Å². The number of urea groups is 1. The minimum Gasteiger partial charge on any atom is -0.319 e. The van der Waals surface area contributed by atoms with Crippen LogP contribution in [-0.2, 0) is 16.9 Å². The number of hydrogen-bond acceptors (Lipinski definition) is 4. The Morgan fingerprint density at radius 3 is 2.46 bits per heavy atom. The third-order valence-electron chi connectivity index (χ3n) is 4.31. The van der Waals surface area contributed by atoms with Crippen LogP contribution in [0.4, 0.5) is 14.9 Å². The van der Waals surface area contributed by atoms with Crippen molar-refractivity contribution in [3.05, 3.63) is 74.5 Å². The van der Waals surface area contributed by atoms with E-state index in [1.807, 2.05) is 0 Å². The van der Waals surface area contributed by atoms with Gasteiger partial charge in [0.05, 0.1) is 11.5 Å². The molecule has 26 heavy (non-hydrogen) atoms. The fourth-order valence-electron chi connectivity index (χ4n) is 2.79. The number of carbonyl (C=O) groups excluding carboxylic acids is 2. The topological polar surface area (TPSA) is 92.6 Å². The summed E-state index contributed by atoms with van der Waals surface area (Å²) >= 11 is 5.97. The van der Waals surface area contributed by atoms with Crippen molar-refractivity contribution in [2.24, 2.45) is 0 Å². The lowest BCUT2D eigenvalue weighted by atomic mass is 9.92.